The van der Waals surface area contributed by atoms with E-state index in [1.807, 2.05) is 38.1 Å². The molecule has 7 heteroatoms. The van der Waals surface area contributed by atoms with Crippen LogP contribution < -0.4 is 14.4 Å². The van der Waals surface area contributed by atoms with Gasteiger partial charge in [-0.15, -0.1) is 0 Å². The van der Waals surface area contributed by atoms with Crippen molar-refractivity contribution in [1.82, 2.24) is 5.32 Å². The first-order valence-corrected chi connectivity index (χ1v) is 11.7. The number of amides is 1. The van der Waals surface area contributed by atoms with Gasteiger partial charge in [-0.3, -0.25) is 9.10 Å². The third-order valence-electron chi connectivity index (χ3n) is 4.55. The predicted octanol–water partition coefficient (Wildman–Crippen LogP) is 3.68. The van der Waals surface area contributed by atoms with Crippen molar-refractivity contribution in [2.75, 3.05) is 23.7 Å². The average Bonchev–Trinajstić information content (AvgIpc) is 2.70. The summed E-state index contributed by atoms with van der Waals surface area (Å²) < 4.78 is 31.2. The Hall–Kier alpha value is -2.54. The van der Waals surface area contributed by atoms with Gasteiger partial charge < -0.3 is 10.1 Å². The van der Waals surface area contributed by atoms with Crippen LogP contribution in [0.4, 0.5) is 5.69 Å². The van der Waals surface area contributed by atoms with Crippen molar-refractivity contribution < 1.29 is 17.9 Å². The minimum absolute atomic E-state index is 0.223. The Labute approximate surface area is 173 Å². The van der Waals surface area contributed by atoms with E-state index in [4.69, 9.17) is 4.74 Å². The molecule has 0 heterocycles. The second kappa shape index (κ2) is 10.3. The Morgan fingerprint density at radius 1 is 1.07 bits per heavy atom. The predicted molar refractivity (Wildman–Crippen MR) is 117 cm³/mol. The van der Waals surface area contributed by atoms with Crippen LogP contribution in [-0.4, -0.2) is 33.7 Å². The fourth-order valence-electron chi connectivity index (χ4n) is 2.87. The van der Waals surface area contributed by atoms with Crippen molar-refractivity contribution in [3.05, 3.63) is 59.7 Å². The molecular formula is C22H30N2O4S. The molecule has 0 saturated carbocycles. The zero-order valence-electron chi connectivity index (χ0n) is 17.5. The molecular weight excluding hydrogens is 388 g/mol. The van der Waals surface area contributed by atoms with Crippen LogP contribution in [-0.2, 0) is 21.2 Å². The first-order chi connectivity index (χ1) is 13.7. The lowest BCUT2D eigenvalue weighted by Crippen LogP contribution is -2.41. The topological polar surface area (TPSA) is 75.7 Å². The molecule has 0 aliphatic carbocycles. The summed E-state index contributed by atoms with van der Waals surface area (Å²) in [4.78, 5) is 12.5. The van der Waals surface area contributed by atoms with E-state index < -0.39 is 10.0 Å². The van der Waals surface area contributed by atoms with Gasteiger partial charge in [0.15, 0.2) is 0 Å². The highest BCUT2D eigenvalue weighted by molar-refractivity contribution is 7.92. The van der Waals surface area contributed by atoms with Crippen LogP contribution in [0, 0.1) is 0 Å². The minimum Gasteiger partial charge on any atom is -0.494 e. The zero-order chi connectivity index (χ0) is 21.4. The fraction of sp³-hybridized carbons (Fsp3) is 0.409. The third-order valence-corrected chi connectivity index (χ3v) is 5.69. The number of ether oxygens (including phenoxy) is 1. The lowest BCUT2D eigenvalue weighted by atomic mass is 10.1. The molecule has 2 aromatic carbocycles. The third kappa shape index (κ3) is 6.78. The van der Waals surface area contributed by atoms with Gasteiger partial charge in [-0.2, -0.15) is 0 Å². The Kier molecular flexibility index (Phi) is 8.08. The second-order valence-electron chi connectivity index (χ2n) is 7.00. The summed E-state index contributed by atoms with van der Waals surface area (Å²) in [6.07, 6.45) is 2.93. The average molecular weight is 419 g/mol. The summed E-state index contributed by atoms with van der Waals surface area (Å²) in [6, 6.07) is 14.5. The van der Waals surface area contributed by atoms with Gasteiger partial charge in [-0.25, -0.2) is 8.42 Å². The number of hydrogen-bond donors (Lipinski definition) is 1. The van der Waals surface area contributed by atoms with E-state index in [1.54, 1.807) is 24.3 Å². The highest BCUT2D eigenvalue weighted by atomic mass is 32.2. The number of anilines is 1. The molecule has 2 rings (SSSR count). The van der Waals surface area contributed by atoms with Crippen LogP contribution in [0.3, 0.4) is 0 Å². The van der Waals surface area contributed by atoms with Gasteiger partial charge >= 0.3 is 0 Å². The van der Waals surface area contributed by atoms with Crippen LogP contribution in [0.25, 0.3) is 0 Å². The van der Waals surface area contributed by atoms with Crippen LogP contribution in [0.5, 0.6) is 5.75 Å². The molecule has 29 heavy (non-hydrogen) atoms. The first kappa shape index (κ1) is 22.7. The van der Waals surface area contributed by atoms with Crippen molar-refractivity contribution in [1.29, 1.82) is 0 Å². The van der Waals surface area contributed by atoms with Gasteiger partial charge in [0.2, 0.25) is 15.9 Å². The Morgan fingerprint density at radius 2 is 1.69 bits per heavy atom. The van der Waals surface area contributed by atoms with Crippen LogP contribution in [0.2, 0.25) is 0 Å². The molecule has 6 nitrogen and oxygen atoms in total. The molecule has 1 N–H and O–H groups in total. The zero-order valence-corrected chi connectivity index (χ0v) is 18.3. The standard InChI is InChI=1S/C22H30N2O4S/c1-5-15-28-21-13-11-20(12-14-21)24(29(4,26)27)16-22(25)23-17(3)19-9-7-18(6-2)8-10-19/h7-14,17H,5-6,15-16H2,1-4H3,(H,23,25)/t17-/m0/s1. The lowest BCUT2D eigenvalue weighted by Gasteiger charge is -2.23. The molecule has 0 unspecified atom stereocenters. The van der Waals surface area contributed by atoms with E-state index in [0.717, 1.165) is 29.0 Å². The lowest BCUT2D eigenvalue weighted by molar-refractivity contribution is -0.120. The van der Waals surface area contributed by atoms with Gasteiger partial charge in [0.1, 0.15) is 12.3 Å². The first-order valence-electron chi connectivity index (χ1n) is 9.83. The summed E-state index contributed by atoms with van der Waals surface area (Å²) in [5.74, 6) is 0.298. The number of benzene rings is 2. The summed E-state index contributed by atoms with van der Waals surface area (Å²) in [7, 11) is -3.62. The second-order valence-corrected chi connectivity index (χ2v) is 8.90. The van der Waals surface area contributed by atoms with Crippen molar-refractivity contribution in [3.8, 4) is 5.75 Å². The summed E-state index contributed by atoms with van der Waals surface area (Å²) in [6.45, 7) is 6.28. The van der Waals surface area contributed by atoms with E-state index in [9.17, 15) is 13.2 Å². The fourth-order valence-corrected chi connectivity index (χ4v) is 3.73. The van der Waals surface area contributed by atoms with Gasteiger partial charge in [0.05, 0.1) is 24.6 Å². The van der Waals surface area contributed by atoms with Gasteiger partial charge in [0, 0.05) is 0 Å². The van der Waals surface area contributed by atoms with Crippen LogP contribution in [0.1, 0.15) is 44.4 Å². The Morgan fingerprint density at radius 3 is 2.21 bits per heavy atom. The van der Waals surface area contributed by atoms with E-state index in [1.165, 1.54) is 5.56 Å². The molecule has 1 amide bonds. The van der Waals surface area contributed by atoms with E-state index >= 15 is 0 Å². The van der Waals surface area contributed by atoms with Crippen molar-refractivity contribution in [3.63, 3.8) is 0 Å². The molecule has 0 saturated heterocycles. The molecule has 1 atom stereocenters. The van der Waals surface area contributed by atoms with Crippen molar-refractivity contribution in [2.24, 2.45) is 0 Å². The number of rotatable bonds is 10. The summed E-state index contributed by atoms with van der Waals surface area (Å²) in [5, 5.41) is 2.88. The van der Waals surface area contributed by atoms with Crippen molar-refractivity contribution >= 4 is 21.6 Å². The summed E-state index contributed by atoms with van der Waals surface area (Å²) >= 11 is 0. The number of nitrogens with zero attached hydrogens (tertiary/aromatic N) is 1. The molecule has 0 bridgehead atoms. The van der Waals surface area contributed by atoms with E-state index in [0.29, 0.717) is 18.0 Å². The molecule has 0 fully saturated rings. The molecule has 0 aromatic heterocycles. The SMILES string of the molecule is CCCOc1ccc(N(CC(=O)N[C@@H](C)c2ccc(CC)cc2)S(C)(=O)=O)cc1. The van der Waals surface area contributed by atoms with E-state index in [2.05, 4.69) is 12.2 Å². The molecule has 158 valence electrons. The summed E-state index contributed by atoms with van der Waals surface area (Å²) in [5.41, 5.74) is 2.62. The highest BCUT2D eigenvalue weighted by Gasteiger charge is 2.22. The monoisotopic (exact) mass is 418 g/mol. The molecule has 0 radical (unpaired) electrons. The van der Waals surface area contributed by atoms with Gasteiger partial charge in [0.25, 0.3) is 0 Å². The number of hydrogen-bond acceptors (Lipinski definition) is 4. The number of aryl methyl sites for hydroxylation is 1. The molecule has 0 spiro atoms. The van der Waals surface area contributed by atoms with Gasteiger partial charge in [-0.1, -0.05) is 38.1 Å². The highest BCUT2D eigenvalue weighted by Crippen LogP contribution is 2.22. The largest absolute Gasteiger partial charge is 0.494 e. The quantitative estimate of drug-likeness (QED) is 0.639. The van der Waals surface area contributed by atoms with Gasteiger partial charge in [-0.05, 0) is 55.2 Å². The maximum atomic E-state index is 12.5. The number of carbonyl (C=O) groups excluding carboxylic acids is 1. The molecule has 2 aromatic rings. The smallest absolute Gasteiger partial charge is 0.241 e. The minimum atomic E-state index is -3.62. The van der Waals surface area contributed by atoms with E-state index in [-0.39, 0.29) is 18.5 Å². The Bertz CT molecular complexity index is 893. The number of carbonyl (C=O) groups is 1. The van der Waals surface area contributed by atoms with Crippen molar-refractivity contribution in [2.45, 2.75) is 39.7 Å². The number of nitrogens with one attached hydrogen (secondary N) is 1. The van der Waals surface area contributed by atoms with Crippen LogP contribution in [0.15, 0.2) is 48.5 Å². The molecule has 0 aliphatic heterocycles. The normalized spacial score (nSPS) is 12.3. The maximum Gasteiger partial charge on any atom is 0.241 e. The Balaban J connectivity index is 2.08. The van der Waals surface area contributed by atoms with Crippen LogP contribution >= 0.6 is 0 Å². The maximum absolute atomic E-state index is 12.5. The molecule has 0 aliphatic rings. The number of sulfonamides is 1.